The summed E-state index contributed by atoms with van der Waals surface area (Å²) in [6.45, 7) is 9.73. The highest BCUT2D eigenvalue weighted by Gasteiger charge is 2.24. The lowest BCUT2D eigenvalue weighted by atomic mass is 10.1. The molecule has 1 unspecified atom stereocenters. The molecule has 20 heavy (non-hydrogen) atoms. The molecule has 5 heteroatoms. The standard InChI is InChI=1S/C15H28N4O/c1-4-6-19-11-14(13(2)16-19)10-18-8-7-17(3)15(12-18)5-9-20/h11,15,20H,4-10,12H2,1-3H3. The van der Waals surface area contributed by atoms with Crippen molar-refractivity contribution in [1.29, 1.82) is 0 Å². The van der Waals surface area contributed by atoms with Gasteiger partial charge < -0.3 is 10.0 Å². The SMILES string of the molecule is CCCn1cc(CN2CCN(C)C(CCO)C2)c(C)n1. The van der Waals surface area contributed by atoms with Crippen LogP contribution in [0.3, 0.4) is 0 Å². The molecule has 1 aromatic rings. The van der Waals surface area contributed by atoms with E-state index >= 15 is 0 Å². The van der Waals surface area contributed by atoms with Gasteiger partial charge in [0.2, 0.25) is 0 Å². The molecule has 0 bridgehead atoms. The van der Waals surface area contributed by atoms with Crippen molar-refractivity contribution in [2.75, 3.05) is 33.3 Å². The number of hydrogen-bond acceptors (Lipinski definition) is 4. The summed E-state index contributed by atoms with van der Waals surface area (Å²) in [5.41, 5.74) is 2.49. The van der Waals surface area contributed by atoms with E-state index in [4.69, 9.17) is 5.11 Å². The van der Waals surface area contributed by atoms with Gasteiger partial charge in [-0.2, -0.15) is 5.10 Å². The van der Waals surface area contributed by atoms with Gasteiger partial charge in [0.1, 0.15) is 0 Å². The second kappa shape index (κ2) is 7.20. The van der Waals surface area contributed by atoms with Crippen LogP contribution in [-0.4, -0.2) is 64.0 Å². The highest BCUT2D eigenvalue weighted by molar-refractivity contribution is 5.15. The molecule has 1 atom stereocenters. The smallest absolute Gasteiger partial charge is 0.0638 e. The fourth-order valence-corrected chi connectivity index (χ4v) is 2.91. The van der Waals surface area contributed by atoms with Gasteiger partial charge in [-0.15, -0.1) is 0 Å². The van der Waals surface area contributed by atoms with Crippen molar-refractivity contribution >= 4 is 0 Å². The minimum atomic E-state index is 0.274. The summed E-state index contributed by atoms with van der Waals surface area (Å²) >= 11 is 0. The predicted octanol–water partition coefficient (Wildman–Crippen LogP) is 1.10. The molecule has 1 fully saturated rings. The van der Waals surface area contributed by atoms with E-state index in [0.717, 1.165) is 51.3 Å². The van der Waals surface area contributed by atoms with Gasteiger partial charge in [-0.25, -0.2) is 0 Å². The molecule has 2 heterocycles. The second-order valence-electron chi connectivity index (χ2n) is 5.88. The highest BCUT2D eigenvalue weighted by Crippen LogP contribution is 2.15. The maximum Gasteiger partial charge on any atom is 0.0638 e. The molecule has 1 aliphatic heterocycles. The number of piperazine rings is 1. The van der Waals surface area contributed by atoms with E-state index < -0.39 is 0 Å². The lowest BCUT2D eigenvalue weighted by Gasteiger charge is -2.39. The Morgan fingerprint density at radius 2 is 2.20 bits per heavy atom. The number of hydrogen-bond donors (Lipinski definition) is 1. The number of aryl methyl sites for hydroxylation is 2. The number of likely N-dealkylation sites (N-methyl/N-ethyl adjacent to an activating group) is 1. The third kappa shape index (κ3) is 3.81. The zero-order valence-corrected chi connectivity index (χ0v) is 13.0. The summed E-state index contributed by atoms with van der Waals surface area (Å²) in [4.78, 5) is 4.85. The van der Waals surface area contributed by atoms with Crippen molar-refractivity contribution in [2.45, 2.75) is 45.8 Å². The number of nitrogens with zero attached hydrogens (tertiary/aromatic N) is 4. The number of aliphatic hydroxyl groups is 1. The fourth-order valence-electron chi connectivity index (χ4n) is 2.91. The lowest BCUT2D eigenvalue weighted by Crippen LogP contribution is -2.51. The van der Waals surface area contributed by atoms with Crippen molar-refractivity contribution in [3.8, 4) is 0 Å². The normalized spacial score (nSPS) is 21.5. The van der Waals surface area contributed by atoms with Crippen LogP contribution in [0.15, 0.2) is 6.20 Å². The number of aliphatic hydroxyl groups excluding tert-OH is 1. The van der Waals surface area contributed by atoms with Crippen molar-refractivity contribution < 1.29 is 5.11 Å². The molecule has 0 saturated carbocycles. The third-order valence-corrected chi connectivity index (χ3v) is 4.22. The molecule has 2 rings (SSSR count). The Hall–Kier alpha value is -0.910. The minimum absolute atomic E-state index is 0.274. The predicted molar refractivity (Wildman–Crippen MR) is 80.7 cm³/mol. The molecular formula is C15H28N4O. The van der Waals surface area contributed by atoms with E-state index in [1.54, 1.807) is 0 Å². The number of rotatable bonds is 6. The molecule has 1 saturated heterocycles. The van der Waals surface area contributed by atoms with E-state index in [9.17, 15) is 0 Å². The average Bonchev–Trinajstić information content (AvgIpc) is 2.75. The van der Waals surface area contributed by atoms with Gasteiger partial charge >= 0.3 is 0 Å². The Morgan fingerprint density at radius 3 is 2.90 bits per heavy atom. The van der Waals surface area contributed by atoms with Crippen LogP contribution in [-0.2, 0) is 13.1 Å². The van der Waals surface area contributed by atoms with Crippen LogP contribution in [0.25, 0.3) is 0 Å². The van der Waals surface area contributed by atoms with E-state index in [1.165, 1.54) is 5.56 Å². The van der Waals surface area contributed by atoms with Crippen LogP contribution in [0.2, 0.25) is 0 Å². The average molecular weight is 280 g/mol. The van der Waals surface area contributed by atoms with Crippen molar-refractivity contribution in [3.63, 3.8) is 0 Å². The van der Waals surface area contributed by atoms with E-state index in [-0.39, 0.29) is 6.61 Å². The molecule has 0 aliphatic carbocycles. The van der Waals surface area contributed by atoms with Crippen LogP contribution in [0, 0.1) is 6.92 Å². The van der Waals surface area contributed by atoms with Crippen molar-refractivity contribution in [1.82, 2.24) is 19.6 Å². The monoisotopic (exact) mass is 280 g/mol. The van der Waals surface area contributed by atoms with Crippen LogP contribution < -0.4 is 0 Å². The van der Waals surface area contributed by atoms with Crippen LogP contribution >= 0.6 is 0 Å². The van der Waals surface area contributed by atoms with E-state index in [1.807, 2.05) is 0 Å². The Bertz CT molecular complexity index is 418. The molecule has 5 nitrogen and oxygen atoms in total. The molecule has 0 aromatic carbocycles. The Kier molecular flexibility index (Phi) is 5.57. The summed E-state index contributed by atoms with van der Waals surface area (Å²) in [7, 11) is 2.15. The van der Waals surface area contributed by atoms with Crippen molar-refractivity contribution in [3.05, 3.63) is 17.5 Å². The number of aromatic nitrogens is 2. The lowest BCUT2D eigenvalue weighted by molar-refractivity contribution is 0.0742. The Balaban J connectivity index is 1.95. The maximum atomic E-state index is 9.16. The van der Waals surface area contributed by atoms with Gasteiger partial charge in [0, 0.05) is 57.1 Å². The van der Waals surface area contributed by atoms with Gasteiger partial charge in [-0.05, 0) is 26.8 Å². The van der Waals surface area contributed by atoms with Gasteiger partial charge in [-0.1, -0.05) is 6.92 Å². The quantitative estimate of drug-likeness (QED) is 0.847. The summed E-state index contributed by atoms with van der Waals surface area (Å²) < 4.78 is 2.06. The molecule has 0 radical (unpaired) electrons. The van der Waals surface area contributed by atoms with Crippen LogP contribution in [0.4, 0.5) is 0 Å². The zero-order chi connectivity index (χ0) is 14.5. The first kappa shape index (κ1) is 15.5. The molecule has 114 valence electrons. The van der Waals surface area contributed by atoms with Crippen molar-refractivity contribution in [2.24, 2.45) is 0 Å². The molecule has 1 aromatic heterocycles. The van der Waals surface area contributed by atoms with Gasteiger partial charge in [-0.3, -0.25) is 9.58 Å². The summed E-state index contributed by atoms with van der Waals surface area (Å²) in [6.07, 6.45) is 4.17. The molecule has 0 spiro atoms. The van der Waals surface area contributed by atoms with Gasteiger partial charge in [0.15, 0.2) is 0 Å². The fraction of sp³-hybridized carbons (Fsp3) is 0.800. The highest BCUT2D eigenvalue weighted by atomic mass is 16.3. The summed E-state index contributed by atoms with van der Waals surface area (Å²) in [5, 5.41) is 13.7. The first-order valence-corrected chi connectivity index (χ1v) is 7.70. The minimum Gasteiger partial charge on any atom is -0.396 e. The van der Waals surface area contributed by atoms with Crippen LogP contribution in [0.1, 0.15) is 31.0 Å². The molecule has 1 aliphatic rings. The molecule has 0 amide bonds. The van der Waals surface area contributed by atoms with Crippen LogP contribution in [0.5, 0.6) is 0 Å². The summed E-state index contributed by atoms with van der Waals surface area (Å²) in [6, 6.07) is 0.472. The Morgan fingerprint density at radius 1 is 1.40 bits per heavy atom. The molecule has 1 N–H and O–H groups in total. The molecular weight excluding hydrogens is 252 g/mol. The Labute approximate surface area is 122 Å². The summed E-state index contributed by atoms with van der Waals surface area (Å²) in [5.74, 6) is 0. The van der Waals surface area contributed by atoms with E-state index in [2.05, 4.69) is 46.7 Å². The van der Waals surface area contributed by atoms with Gasteiger partial charge in [0.25, 0.3) is 0 Å². The second-order valence-corrected chi connectivity index (χ2v) is 5.88. The zero-order valence-electron chi connectivity index (χ0n) is 13.0. The first-order valence-electron chi connectivity index (χ1n) is 7.70. The van der Waals surface area contributed by atoms with E-state index in [0.29, 0.717) is 6.04 Å². The maximum absolute atomic E-state index is 9.16. The largest absolute Gasteiger partial charge is 0.396 e. The van der Waals surface area contributed by atoms with Gasteiger partial charge in [0.05, 0.1) is 5.69 Å². The third-order valence-electron chi connectivity index (χ3n) is 4.22. The topological polar surface area (TPSA) is 44.5 Å². The first-order chi connectivity index (χ1) is 9.63.